The maximum absolute atomic E-state index is 12.4. The lowest BCUT2D eigenvalue weighted by molar-refractivity contribution is -0.199. The first-order valence-corrected chi connectivity index (χ1v) is 7.25. The van der Waals surface area contributed by atoms with Crippen molar-refractivity contribution >= 4 is 11.5 Å². The molecule has 0 aromatic heterocycles. The minimum absolute atomic E-state index is 0.295. The second-order valence-electron chi connectivity index (χ2n) is 5.95. The Kier molecular flexibility index (Phi) is 1.97. The Balaban J connectivity index is 1.70. The van der Waals surface area contributed by atoms with Gasteiger partial charge in [-0.05, 0) is 18.6 Å². The van der Waals surface area contributed by atoms with Crippen LogP contribution in [0.3, 0.4) is 0 Å². The number of rotatable bonds is 0. The molecule has 4 aliphatic rings. The SMILES string of the molecule is O=C1CCC2CN3C=CCN3N3Nc4cccc1c4C23. The number of hydrazine groups is 3. The molecule has 2 unspecified atom stereocenters. The molecule has 102 valence electrons. The van der Waals surface area contributed by atoms with E-state index in [4.69, 9.17) is 0 Å². The molecular formula is C15H16N4O. The maximum Gasteiger partial charge on any atom is 0.163 e. The van der Waals surface area contributed by atoms with Crippen molar-refractivity contribution in [2.75, 3.05) is 18.5 Å². The average Bonchev–Trinajstić information content (AvgIpc) is 3.03. The largest absolute Gasteiger partial charge is 0.303 e. The Labute approximate surface area is 117 Å². The van der Waals surface area contributed by atoms with Crippen molar-refractivity contribution in [3.8, 4) is 0 Å². The summed E-state index contributed by atoms with van der Waals surface area (Å²) in [6.45, 7) is 1.90. The van der Waals surface area contributed by atoms with Gasteiger partial charge in [-0.2, -0.15) is 0 Å². The maximum atomic E-state index is 12.4. The molecule has 1 N–H and O–H groups in total. The molecule has 5 rings (SSSR count). The van der Waals surface area contributed by atoms with Gasteiger partial charge >= 0.3 is 0 Å². The van der Waals surface area contributed by atoms with Crippen molar-refractivity contribution < 1.29 is 4.79 Å². The molecule has 5 heteroatoms. The van der Waals surface area contributed by atoms with Crippen molar-refractivity contribution in [2.24, 2.45) is 5.92 Å². The number of ketones is 1. The molecule has 3 heterocycles. The molecular weight excluding hydrogens is 252 g/mol. The van der Waals surface area contributed by atoms with Crippen molar-refractivity contribution in [2.45, 2.75) is 18.9 Å². The molecule has 1 aromatic rings. The highest BCUT2D eigenvalue weighted by atomic mass is 16.1. The number of nitrogens with zero attached hydrogens (tertiary/aromatic N) is 3. The molecule has 0 amide bonds. The Morgan fingerprint density at radius 2 is 2.25 bits per heavy atom. The fourth-order valence-corrected chi connectivity index (χ4v) is 4.03. The highest BCUT2D eigenvalue weighted by Crippen LogP contribution is 2.49. The number of nitrogens with one attached hydrogen (secondary N) is 1. The number of hydrogen-bond donors (Lipinski definition) is 1. The highest BCUT2D eigenvalue weighted by molar-refractivity contribution is 5.99. The van der Waals surface area contributed by atoms with E-state index in [9.17, 15) is 4.79 Å². The van der Waals surface area contributed by atoms with E-state index in [1.807, 2.05) is 12.1 Å². The summed E-state index contributed by atoms with van der Waals surface area (Å²) in [5, 5.41) is 6.72. The summed E-state index contributed by atoms with van der Waals surface area (Å²) in [5.41, 5.74) is 6.73. The molecule has 2 atom stereocenters. The first-order chi connectivity index (χ1) is 9.83. The molecule has 0 saturated carbocycles. The molecule has 3 aliphatic heterocycles. The van der Waals surface area contributed by atoms with E-state index in [2.05, 4.69) is 39.0 Å². The third-order valence-corrected chi connectivity index (χ3v) is 4.90. The van der Waals surface area contributed by atoms with Gasteiger partial charge in [-0.3, -0.25) is 9.80 Å². The fourth-order valence-electron chi connectivity index (χ4n) is 4.03. The van der Waals surface area contributed by atoms with Gasteiger partial charge in [0.15, 0.2) is 5.78 Å². The van der Waals surface area contributed by atoms with Crippen molar-refractivity contribution in [1.29, 1.82) is 0 Å². The third-order valence-electron chi connectivity index (χ3n) is 4.90. The molecule has 1 aromatic carbocycles. The normalized spacial score (nSPS) is 31.0. The number of carbonyl (C=O) groups is 1. The molecule has 20 heavy (non-hydrogen) atoms. The van der Waals surface area contributed by atoms with Gasteiger partial charge in [0, 0.05) is 36.2 Å². The van der Waals surface area contributed by atoms with E-state index >= 15 is 0 Å². The number of anilines is 1. The van der Waals surface area contributed by atoms with E-state index < -0.39 is 0 Å². The van der Waals surface area contributed by atoms with Gasteiger partial charge in [-0.15, -0.1) is 10.2 Å². The molecule has 0 radical (unpaired) electrons. The first-order valence-electron chi connectivity index (χ1n) is 7.25. The summed E-state index contributed by atoms with van der Waals surface area (Å²) < 4.78 is 0. The van der Waals surface area contributed by atoms with Crippen LogP contribution in [0.2, 0.25) is 0 Å². The molecule has 0 spiro atoms. The van der Waals surface area contributed by atoms with E-state index in [0.717, 1.165) is 30.8 Å². The van der Waals surface area contributed by atoms with Crippen LogP contribution in [0.4, 0.5) is 5.69 Å². The number of Topliss-reactive ketones (excluding diaryl/α,β-unsaturated/α-hetero) is 1. The van der Waals surface area contributed by atoms with Crippen LogP contribution in [0.5, 0.6) is 0 Å². The van der Waals surface area contributed by atoms with E-state index in [-0.39, 0.29) is 0 Å². The Hall–Kier alpha value is -1.85. The van der Waals surface area contributed by atoms with Gasteiger partial charge in [0.1, 0.15) is 0 Å². The highest BCUT2D eigenvalue weighted by Gasteiger charge is 2.48. The molecule has 5 nitrogen and oxygen atoms in total. The number of hydrogen-bond acceptors (Lipinski definition) is 5. The molecule has 1 fully saturated rings. The summed E-state index contributed by atoms with van der Waals surface area (Å²) in [6.07, 6.45) is 5.97. The monoisotopic (exact) mass is 268 g/mol. The van der Waals surface area contributed by atoms with Crippen LogP contribution in [-0.4, -0.2) is 34.1 Å². The zero-order chi connectivity index (χ0) is 13.3. The van der Waals surface area contributed by atoms with Crippen LogP contribution >= 0.6 is 0 Å². The van der Waals surface area contributed by atoms with Crippen LogP contribution in [0.25, 0.3) is 0 Å². The van der Waals surface area contributed by atoms with Gasteiger partial charge in [0.25, 0.3) is 0 Å². The zero-order valence-corrected chi connectivity index (χ0v) is 11.1. The smallest absolute Gasteiger partial charge is 0.163 e. The van der Waals surface area contributed by atoms with Crippen LogP contribution in [0, 0.1) is 5.92 Å². The average molecular weight is 268 g/mol. The van der Waals surface area contributed by atoms with Crippen LogP contribution in [0.1, 0.15) is 34.8 Å². The van der Waals surface area contributed by atoms with Gasteiger partial charge in [0.05, 0.1) is 18.3 Å². The predicted molar refractivity (Wildman–Crippen MR) is 74.3 cm³/mol. The second-order valence-corrected chi connectivity index (χ2v) is 5.95. The summed E-state index contributed by atoms with van der Waals surface area (Å²) in [5.74, 6) is 0.793. The second kappa shape index (κ2) is 3.62. The number of benzene rings is 1. The number of fused-ring (bicyclic) bond motifs is 2. The lowest BCUT2D eigenvalue weighted by Gasteiger charge is -2.47. The summed E-state index contributed by atoms with van der Waals surface area (Å²) in [4.78, 5) is 12.4. The first kappa shape index (κ1) is 10.9. The van der Waals surface area contributed by atoms with Crippen molar-refractivity contribution in [3.05, 3.63) is 41.6 Å². The van der Waals surface area contributed by atoms with E-state index in [1.54, 1.807) is 0 Å². The summed E-state index contributed by atoms with van der Waals surface area (Å²) in [6, 6.07) is 6.35. The molecule has 1 aliphatic carbocycles. The lowest BCUT2D eigenvalue weighted by Crippen LogP contribution is -2.58. The van der Waals surface area contributed by atoms with Crippen molar-refractivity contribution in [1.82, 2.24) is 15.2 Å². The van der Waals surface area contributed by atoms with Gasteiger partial charge in [-0.25, -0.2) is 0 Å². The Bertz CT molecular complexity index is 641. The van der Waals surface area contributed by atoms with Crippen LogP contribution in [0.15, 0.2) is 30.5 Å². The molecule has 0 bridgehead atoms. The Morgan fingerprint density at radius 3 is 3.20 bits per heavy atom. The van der Waals surface area contributed by atoms with Crippen molar-refractivity contribution in [3.63, 3.8) is 0 Å². The standard InChI is InChI=1S/C15H16N4O/c20-13-6-5-10-9-17-7-2-8-18(17)19-15(10)14-11(13)3-1-4-12(14)16-19/h1-4,7,10,15-16H,5-6,8-9H2. The van der Waals surface area contributed by atoms with Crippen LogP contribution < -0.4 is 5.43 Å². The summed E-state index contributed by atoms with van der Waals surface area (Å²) in [7, 11) is 0. The van der Waals surface area contributed by atoms with Crippen LogP contribution in [-0.2, 0) is 0 Å². The van der Waals surface area contributed by atoms with Gasteiger partial charge in [-0.1, -0.05) is 12.1 Å². The predicted octanol–water partition coefficient (Wildman–Crippen LogP) is 1.94. The van der Waals surface area contributed by atoms with Gasteiger partial charge < -0.3 is 5.43 Å². The zero-order valence-electron chi connectivity index (χ0n) is 11.1. The third kappa shape index (κ3) is 1.22. The fraction of sp³-hybridized carbons (Fsp3) is 0.400. The van der Waals surface area contributed by atoms with E-state index in [0.29, 0.717) is 24.2 Å². The summed E-state index contributed by atoms with van der Waals surface area (Å²) >= 11 is 0. The van der Waals surface area contributed by atoms with E-state index in [1.165, 1.54) is 5.56 Å². The quantitative estimate of drug-likeness (QED) is 0.778. The number of carbonyl (C=O) groups excluding carboxylic acids is 1. The lowest BCUT2D eigenvalue weighted by atomic mass is 9.90. The minimum Gasteiger partial charge on any atom is -0.303 e. The van der Waals surface area contributed by atoms with Gasteiger partial charge in [0.2, 0.25) is 0 Å². The topological polar surface area (TPSA) is 38.8 Å². The molecule has 1 saturated heterocycles. The Morgan fingerprint density at radius 1 is 1.30 bits per heavy atom. The minimum atomic E-state index is 0.295.